The van der Waals surface area contributed by atoms with E-state index in [1.165, 1.54) is 24.0 Å². The quantitative estimate of drug-likeness (QED) is 0.423. The summed E-state index contributed by atoms with van der Waals surface area (Å²) in [6.07, 6.45) is -6.54. The Labute approximate surface area is 195 Å². The number of anilines is 1. The van der Waals surface area contributed by atoms with Crippen LogP contribution in [0.4, 0.5) is 23.7 Å². The number of hydrogen-bond acceptors (Lipinski definition) is 8. The average Bonchev–Trinajstić information content (AvgIpc) is 3.20. The highest BCUT2D eigenvalue weighted by Gasteiger charge is 2.64. The highest BCUT2D eigenvalue weighted by molar-refractivity contribution is 6.20. The summed E-state index contributed by atoms with van der Waals surface area (Å²) in [4.78, 5) is 51.7. The average molecular weight is 495 g/mol. The van der Waals surface area contributed by atoms with E-state index in [0.717, 1.165) is 0 Å². The molecular weight excluding hydrogens is 475 g/mol. The Hall–Kier alpha value is -3.68. The molecule has 0 bridgehead atoms. The first-order valence-electron chi connectivity index (χ1n) is 10.8. The summed E-state index contributed by atoms with van der Waals surface area (Å²) in [5, 5.41) is 10.0. The van der Waals surface area contributed by atoms with Crippen molar-refractivity contribution in [1.82, 2.24) is 21.1 Å². The third-order valence-electron chi connectivity index (χ3n) is 6.65. The van der Waals surface area contributed by atoms with Crippen molar-refractivity contribution in [2.75, 3.05) is 11.4 Å². The van der Waals surface area contributed by atoms with Gasteiger partial charge in [0, 0.05) is 11.8 Å². The Kier molecular flexibility index (Phi) is 5.23. The van der Waals surface area contributed by atoms with Crippen LogP contribution in [0.1, 0.15) is 29.9 Å². The van der Waals surface area contributed by atoms with Gasteiger partial charge in [-0.2, -0.15) is 0 Å². The van der Waals surface area contributed by atoms with Crippen LogP contribution in [0.15, 0.2) is 16.7 Å². The van der Waals surface area contributed by atoms with Gasteiger partial charge in [0.1, 0.15) is 6.10 Å². The Morgan fingerprint density at radius 1 is 1.23 bits per heavy atom. The fourth-order valence-corrected chi connectivity index (χ4v) is 5.22. The van der Waals surface area contributed by atoms with E-state index >= 15 is 4.39 Å². The molecule has 3 aliphatic rings. The molecule has 4 unspecified atom stereocenters. The maximum atomic E-state index is 15.6. The molecule has 2 saturated heterocycles. The lowest BCUT2D eigenvalue weighted by molar-refractivity contribution is -0.159. The van der Waals surface area contributed by atoms with Gasteiger partial charge in [-0.25, -0.2) is 18.0 Å². The van der Waals surface area contributed by atoms with Gasteiger partial charge in [0.15, 0.2) is 23.0 Å². The monoisotopic (exact) mass is 495 g/mol. The van der Waals surface area contributed by atoms with Crippen molar-refractivity contribution in [3.8, 4) is 0 Å². The Bertz CT molecular complexity index is 1250. The number of barbiturate groups is 1. The molecule has 14 heteroatoms. The summed E-state index contributed by atoms with van der Waals surface area (Å²) >= 11 is 0. The zero-order valence-electron chi connectivity index (χ0n) is 18.4. The molecule has 2 aromatic rings. The summed E-state index contributed by atoms with van der Waals surface area (Å²) in [6, 6.07) is 0.710. The van der Waals surface area contributed by atoms with Crippen LogP contribution in [-0.2, 0) is 20.7 Å². The van der Waals surface area contributed by atoms with Gasteiger partial charge in [0.2, 0.25) is 11.8 Å². The summed E-state index contributed by atoms with van der Waals surface area (Å²) in [7, 11) is 0. The number of rotatable bonds is 3. The van der Waals surface area contributed by atoms with E-state index in [-0.39, 0.29) is 28.8 Å². The smallest absolute Gasteiger partial charge is 0.328 e. The number of benzene rings is 1. The molecule has 1 spiro atoms. The van der Waals surface area contributed by atoms with E-state index in [4.69, 9.17) is 9.26 Å². The first-order chi connectivity index (χ1) is 16.5. The summed E-state index contributed by atoms with van der Waals surface area (Å²) < 4.78 is 51.6. The Morgan fingerprint density at radius 2 is 1.91 bits per heavy atom. The minimum Gasteiger partial charge on any atom is -0.368 e. The SMILES string of the molecule is CC1OC(C)C2N(c3cc4onc(C(=O)NCC(F)F)c4cc3CC23C(=O)NC(=O)NC3=O)C1F. The van der Waals surface area contributed by atoms with Crippen LogP contribution < -0.4 is 20.9 Å². The van der Waals surface area contributed by atoms with Gasteiger partial charge in [-0.05, 0) is 31.9 Å². The number of morpholine rings is 1. The Balaban J connectivity index is 1.68. The lowest BCUT2D eigenvalue weighted by atomic mass is 9.66. The van der Waals surface area contributed by atoms with Gasteiger partial charge in [-0.3, -0.25) is 25.0 Å². The van der Waals surface area contributed by atoms with Gasteiger partial charge >= 0.3 is 6.03 Å². The number of nitrogens with one attached hydrogen (secondary N) is 3. The fraction of sp³-hybridized carbons (Fsp3) is 0.476. The predicted octanol–water partition coefficient (Wildman–Crippen LogP) is 1.01. The molecule has 4 heterocycles. The zero-order chi connectivity index (χ0) is 25.2. The van der Waals surface area contributed by atoms with E-state index in [1.807, 2.05) is 5.32 Å². The summed E-state index contributed by atoms with van der Waals surface area (Å²) in [5.41, 5.74) is -1.56. The van der Waals surface area contributed by atoms with Crippen molar-refractivity contribution in [3.05, 3.63) is 23.4 Å². The van der Waals surface area contributed by atoms with E-state index in [1.54, 1.807) is 6.92 Å². The molecule has 0 saturated carbocycles. The molecule has 0 aliphatic carbocycles. The van der Waals surface area contributed by atoms with Gasteiger partial charge < -0.3 is 19.5 Å². The first kappa shape index (κ1) is 23.1. The number of alkyl halides is 3. The van der Waals surface area contributed by atoms with Crippen molar-refractivity contribution in [1.29, 1.82) is 0 Å². The van der Waals surface area contributed by atoms with Gasteiger partial charge in [-0.1, -0.05) is 5.16 Å². The molecule has 2 fully saturated rings. The van der Waals surface area contributed by atoms with Gasteiger partial charge in [0.05, 0.1) is 24.1 Å². The summed E-state index contributed by atoms with van der Waals surface area (Å²) in [5.74, 6) is -2.74. The molecule has 0 radical (unpaired) electrons. The second kappa shape index (κ2) is 7.93. The first-order valence-corrected chi connectivity index (χ1v) is 10.8. The standard InChI is InChI=1S/C21H20F3N5O6/c1-7-15-21(18(31)26-20(33)27-19(21)32)5-9-3-10-12(4-11(9)29(15)16(24)8(2)34-7)35-28-14(10)17(30)25-6-13(22)23/h3-4,7-8,13,15-16H,5-6H2,1-2H3,(H,25,30)(H2,26,27,31,32,33). The number of fused-ring (bicyclic) bond motifs is 5. The molecule has 3 aliphatic heterocycles. The maximum Gasteiger partial charge on any atom is 0.328 e. The topological polar surface area (TPSA) is 143 Å². The van der Waals surface area contributed by atoms with Crippen LogP contribution in [0.2, 0.25) is 0 Å². The van der Waals surface area contributed by atoms with E-state index in [2.05, 4.69) is 15.8 Å². The van der Waals surface area contributed by atoms with Crippen molar-refractivity contribution < 1.29 is 41.6 Å². The maximum absolute atomic E-state index is 15.6. The van der Waals surface area contributed by atoms with E-state index in [9.17, 15) is 28.0 Å². The highest BCUT2D eigenvalue weighted by Crippen LogP contribution is 2.49. The number of amides is 5. The molecule has 3 N–H and O–H groups in total. The second-order valence-corrected chi connectivity index (χ2v) is 8.77. The normalized spacial score (nSPS) is 27.5. The van der Waals surface area contributed by atoms with Crippen molar-refractivity contribution >= 4 is 40.4 Å². The minimum atomic E-state index is -2.78. The van der Waals surface area contributed by atoms with Crippen molar-refractivity contribution in [2.45, 2.75) is 51.2 Å². The van der Waals surface area contributed by atoms with Gasteiger partial charge in [-0.15, -0.1) is 0 Å². The molecule has 5 amide bonds. The van der Waals surface area contributed by atoms with Crippen LogP contribution in [-0.4, -0.2) is 66.4 Å². The Morgan fingerprint density at radius 3 is 2.57 bits per heavy atom. The number of aromatic nitrogens is 1. The van der Waals surface area contributed by atoms with Crippen molar-refractivity contribution in [2.24, 2.45) is 5.41 Å². The fourth-order valence-electron chi connectivity index (χ4n) is 5.22. The molecule has 5 rings (SSSR count). The number of imide groups is 2. The van der Waals surface area contributed by atoms with Gasteiger partial charge in [0.25, 0.3) is 12.3 Å². The number of hydrogen-bond donors (Lipinski definition) is 3. The third-order valence-corrected chi connectivity index (χ3v) is 6.65. The number of carbonyl (C=O) groups excluding carboxylic acids is 4. The molecule has 1 aromatic heterocycles. The van der Waals surface area contributed by atoms with Crippen LogP contribution in [0.5, 0.6) is 0 Å². The zero-order valence-corrected chi connectivity index (χ0v) is 18.4. The lowest BCUT2D eigenvalue weighted by Gasteiger charge is -2.56. The number of nitrogens with zero attached hydrogens (tertiary/aromatic N) is 2. The molecule has 35 heavy (non-hydrogen) atoms. The molecule has 11 nitrogen and oxygen atoms in total. The number of halogens is 3. The van der Waals surface area contributed by atoms with Crippen LogP contribution in [0, 0.1) is 5.41 Å². The molecule has 1 aromatic carbocycles. The number of carbonyl (C=O) groups is 4. The third kappa shape index (κ3) is 3.34. The largest absolute Gasteiger partial charge is 0.368 e. The van der Waals surface area contributed by atoms with Crippen LogP contribution in [0.25, 0.3) is 11.0 Å². The predicted molar refractivity (Wildman–Crippen MR) is 111 cm³/mol. The molecule has 186 valence electrons. The highest BCUT2D eigenvalue weighted by atomic mass is 19.3. The van der Waals surface area contributed by atoms with Crippen LogP contribution >= 0.6 is 0 Å². The van der Waals surface area contributed by atoms with Crippen LogP contribution in [0.3, 0.4) is 0 Å². The second-order valence-electron chi connectivity index (χ2n) is 8.77. The van der Waals surface area contributed by atoms with E-state index in [0.29, 0.717) is 5.56 Å². The number of ether oxygens (including phenoxy) is 1. The molecule has 4 atom stereocenters. The minimum absolute atomic E-state index is 0.0763. The number of urea groups is 1. The molecular formula is C21H20F3N5O6. The summed E-state index contributed by atoms with van der Waals surface area (Å²) in [6.45, 7) is 2.20. The van der Waals surface area contributed by atoms with E-state index < -0.39 is 66.7 Å². The lowest BCUT2D eigenvalue weighted by Crippen LogP contribution is -2.76. The van der Waals surface area contributed by atoms with Crippen molar-refractivity contribution in [3.63, 3.8) is 0 Å².